The van der Waals surface area contributed by atoms with E-state index in [9.17, 15) is 4.79 Å². The number of aromatic carboxylic acids is 1. The largest absolute Gasteiger partial charge is 0.477 e. The second-order valence-corrected chi connectivity index (χ2v) is 5.83. The van der Waals surface area contributed by atoms with Crippen molar-refractivity contribution in [3.8, 4) is 0 Å². The minimum Gasteiger partial charge on any atom is -0.477 e. The average Bonchev–Trinajstić information content (AvgIpc) is 2.95. The molecule has 0 spiro atoms. The zero-order valence-electron chi connectivity index (χ0n) is 11.3. The van der Waals surface area contributed by atoms with Crippen molar-refractivity contribution < 1.29 is 9.90 Å². The first kappa shape index (κ1) is 12.9. The van der Waals surface area contributed by atoms with Crippen LogP contribution in [-0.2, 0) is 6.54 Å². The highest BCUT2D eigenvalue weighted by Gasteiger charge is 2.15. The topological polar surface area (TPSA) is 55.1 Å². The van der Waals surface area contributed by atoms with Crippen LogP contribution in [-0.4, -0.2) is 20.9 Å². The van der Waals surface area contributed by atoms with Gasteiger partial charge in [-0.3, -0.25) is 4.68 Å². The molecule has 5 heteroatoms. The molecule has 0 fully saturated rings. The van der Waals surface area contributed by atoms with Crippen LogP contribution in [0.2, 0.25) is 0 Å². The summed E-state index contributed by atoms with van der Waals surface area (Å²) in [5.74, 6) is -0.881. The van der Waals surface area contributed by atoms with E-state index in [2.05, 4.69) is 24.2 Å². The van der Waals surface area contributed by atoms with Crippen molar-refractivity contribution in [1.82, 2.24) is 9.78 Å². The maximum Gasteiger partial charge on any atom is 0.345 e. The van der Waals surface area contributed by atoms with Gasteiger partial charge in [-0.2, -0.15) is 5.10 Å². The lowest BCUT2D eigenvalue weighted by molar-refractivity contribution is 0.0702. The summed E-state index contributed by atoms with van der Waals surface area (Å²) in [5, 5.41) is 14.6. The number of carbonyl (C=O) groups is 1. The van der Waals surface area contributed by atoms with Crippen molar-refractivity contribution in [2.45, 2.75) is 20.4 Å². The minimum absolute atomic E-state index is 0.360. The summed E-state index contributed by atoms with van der Waals surface area (Å²) in [6.07, 6.45) is 0. The second kappa shape index (κ2) is 4.76. The van der Waals surface area contributed by atoms with Crippen molar-refractivity contribution >= 4 is 27.5 Å². The third kappa shape index (κ3) is 2.10. The number of benzene rings is 1. The van der Waals surface area contributed by atoms with Gasteiger partial charge in [-0.15, -0.1) is 11.3 Å². The quantitative estimate of drug-likeness (QED) is 0.802. The van der Waals surface area contributed by atoms with Gasteiger partial charge in [-0.05, 0) is 31.0 Å². The van der Waals surface area contributed by atoms with E-state index in [1.54, 1.807) is 6.07 Å². The Morgan fingerprint density at radius 2 is 2.10 bits per heavy atom. The Balaban J connectivity index is 2.08. The van der Waals surface area contributed by atoms with Gasteiger partial charge in [0.15, 0.2) is 0 Å². The third-order valence-corrected chi connectivity index (χ3v) is 4.54. The monoisotopic (exact) mass is 286 g/mol. The third-order valence-electron chi connectivity index (χ3n) is 3.40. The standard InChI is InChI=1S/C15H14N2O2S/c1-9-5-3-4-6-11(9)8-17-14-12(10(2)16-17)7-13(20-14)15(18)19/h3-7H,8H2,1-2H3,(H,18,19). The van der Waals surface area contributed by atoms with Gasteiger partial charge in [-0.25, -0.2) is 4.79 Å². The summed E-state index contributed by atoms with van der Waals surface area (Å²) in [4.78, 5) is 12.4. The lowest BCUT2D eigenvalue weighted by atomic mass is 10.1. The molecule has 3 rings (SSSR count). The molecule has 0 atom stereocenters. The summed E-state index contributed by atoms with van der Waals surface area (Å²) in [7, 11) is 0. The van der Waals surface area contributed by atoms with Crippen LogP contribution in [0.15, 0.2) is 30.3 Å². The predicted octanol–water partition coefficient (Wildman–Crippen LogP) is 3.46. The smallest absolute Gasteiger partial charge is 0.345 e. The van der Waals surface area contributed by atoms with Gasteiger partial charge in [0, 0.05) is 5.39 Å². The number of hydrogen-bond donors (Lipinski definition) is 1. The van der Waals surface area contributed by atoms with E-state index in [0.717, 1.165) is 15.9 Å². The molecule has 0 aliphatic carbocycles. The number of fused-ring (bicyclic) bond motifs is 1. The second-order valence-electron chi connectivity index (χ2n) is 4.80. The van der Waals surface area contributed by atoms with Crippen LogP contribution in [0, 0.1) is 13.8 Å². The molecule has 4 nitrogen and oxygen atoms in total. The molecule has 20 heavy (non-hydrogen) atoms. The maximum absolute atomic E-state index is 11.1. The molecule has 0 amide bonds. The summed E-state index contributed by atoms with van der Waals surface area (Å²) >= 11 is 1.28. The molecule has 1 N–H and O–H groups in total. The number of hydrogen-bond acceptors (Lipinski definition) is 3. The Labute approximate surface area is 120 Å². The molecule has 0 aliphatic rings. The predicted molar refractivity (Wildman–Crippen MR) is 79.6 cm³/mol. The summed E-state index contributed by atoms with van der Waals surface area (Å²) in [6, 6.07) is 9.87. The molecule has 0 bridgehead atoms. The van der Waals surface area contributed by atoms with Crippen molar-refractivity contribution in [3.05, 3.63) is 52.0 Å². The summed E-state index contributed by atoms with van der Waals surface area (Å²) in [6.45, 7) is 4.64. The zero-order valence-corrected chi connectivity index (χ0v) is 12.1. The minimum atomic E-state index is -0.881. The maximum atomic E-state index is 11.1. The molecule has 1 aromatic carbocycles. The summed E-state index contributed by atoms with van der Waals surface area (Å²) in [5.41, 5.74) is 3.28. The molecular formula is C15H14N2O2S. The number of carboxylic acid groups (broad SMARTS) is 1. The van der Waals surface area contributed by atoms with Crippen LogP contribution in [0.3, 0.4) is 0 Å². The van der Waals surface area contributed by atoms with Crippen LogP contribution >= 0.6 is 11.3 Å². The number of carboxylic acids is 1. The highest BCUT2D eigenvalue weighted by atomic mass is 32.1. The van der Waals surface area contributed by atoms with Gasteiger partial charge in [-0.1, -0.05) is 24.3 Å². The molecule has 102 valence electrons. The van der Waals surface area contributed by atoms with Gasteiger partial charge in [0.1, 0.15) is 9.71 Å². The van der Waals surface area contributed by atoms with Crippen LogP contribution in [0.5, 0.6) is 0 Å². The van der Waals surface area contributed by atoms with Gasteiger partial charge >= 0.3 is 5.97 Å². The Bertz CT molecular complexity index is 801. The summed E-state index contributed by atoms with van der Waals surface area (Å²) < 4.78 is 1.89. The number of rotatable bonds is 3. The van der Waals surface area contributed by atoms with Gasteiger partial charge < -0.3 is 5.11 Å². The van der Waals surface area contributed by atoms with Crippen LogP contribution in [0.25, 0.3) is 10.2 Å². The average molecular weight is 286 g/mol. The number of nitrogens with zero attached hydrogens (tertiary/aromatic N) is 2. The van der Waals surface area contributed by atoms with Crippen LogP contribution < -0.4 is 0 Å². The Morgan fingerprint density at radius 3 is 2.80 bits per heavy atom. The van der Waals surface area contributed by atoms with E-state index >= 15 is 0 Å². The van der Waals surface area contributed by atoms with Crippen LogP contribution in [0.1, 0.15) is 26.5 Å². The van der Waals surface area contributed by atoms with Gasteiger partial charge in [0.05, 0.1) is 12.2 Å². The Morgan fingerprint density at radius 1 is 1.35 bits per heavy atom. The fourth-order valence-electron chi connectivity index (χ4n) is 2.27. The molecular weight excluding hydrogens is 272 g/mol. The zero-order chi connectivity index (χ0) is 14.3. The molecule has 2 aromatic heterocycles. The fourth-order valence-corrected chi connectivity index (χ4v) is 3.27. The van der Waals surface area contributed by atoms with E-state index in [-0.39, 0.29) is 0 Å². The van der Waals surface area contributed by atoms with E-state index in [0.29, 0.717) is 11.4 Å². The number of aromatic nitrogens is 2. The highest BCUT2D eigenvalue weighted by molar-refractivity contribution is 7.20. The van der Waals surface area contributed by atoms with E-state index in [1.165, 1.54) is 22.5 Å². The van der Waals surface area contributed by atoms with Crippen molar-refractivity contribution in [2.75, 3.05) is 0 Å². The van der Waals surface area contributed by atoms with E-state index in [4.69, 9.17) is 5.11 Å². The van der Waals surface area contributed by atoms with E-state index < -0.39 is 5.97 Å². The fraction of sp³-hybridized carbons (Fsp3) is 0.200. The first-order valence-electron chi connectivity index (χ1n) is 6.31. The lowest BCUT2D eigenvalue weighted by Crippen LogP contribution is -2.02. The molecule has 0 radical (unpaired) electrons. The number of thiophene rings is 1. The molecule has 2 heterocycles. The van der Waals surface area contributed by atoms with Crippen molar-refractivity contribution in [3.63, 3.8) is 0 Å². The van der Waals surface area contributed by atoms with E-state index in [1.807, 2.05) is 23.7 Å². The van der Waals surface area contributed by atoms with Gasteiger partial charge in [0.25, 0.3) is 0 Å². The van der Waals surface area contributed by atoms with Gasteiger partial charge in [0.2, 0.25) is 0 Å². The normalized spacial score (nSPS) is 11.1. The lowest BCUT2D eigenvalue weighted by Gasteiger charge is -2.06. The van der Waals surface area contributed by atoms with Crippen molar-refractivity contribution in [1.29, 1.82) is 0 Å². The molecule has 0 saturated carbocycles. The van der Waals surface area contributed by atoms with Crippen molar-refractivity contribution in [2.24, 2.45) is 0 Å². The Hall–Kier alpha value is -2.14. The van der Waals surface area contributed by atoms with Crippen LogP contribution in [0.4, 0.5) is 0 Å². The molecule has 0 saturated heterocycles. The first-order valence-corrected chi connectivity index (χ1v) is 7.12. The Kier molecular flexibility index (Phi) is 3.06. The molecule has 0 unspecified atom stereocenters. The SMILES string of the molecule is Cc1ccccc1Cn1nc(C)c2cc(C(=O)O)sc21. The number of aryl methyl sites for hydroxylation is 2. The highest BCUT2D eigenvalue weighted by Crippen LogP contribution is 2.29. The molecule has 0 aliphatic heterocycles. The molecule has 3 aromatic rings. The first-order chi connectivity index (χ1) is 9.56.